The first kappa shape index (κ1) is 90.4. The van der Waals surface area contributed by atoms with Gasteiger partial charge in [0.15, 0.2) is 47.7 Å². The van der Waals surface area contributed by atoms with Gasteiger partial charge in [-0.2, -0.15) is 0 Å². The average Bonchev–Trinajstić information content (AvgIpc) is 1.62. The van der Waals surface area contributed by atoms with Crippen LogP contribution in [0, 0.1) is 0 Å². The van der Waals surface area contributed by atoms with Crippen molar-refractivity contribution in [2.75, 3.05) is 122 Å². The minimum Gasteiger partial charge on any atom is -0.493 e. The molecule has 0 saturated carbocycles. The average molecular weight is 1730 g/mol. The number of methoxy groups -OCH3 is 2. The molecule has 39 nitrogen and oxygen atoms in total. The minimum absolute atomic E-state index is 0.0230. The van der Waals surface area contributed by atoms with Crippen molar-refractivity contribution >= 4 is 65.0 Å². The van der Waals surface area contributed by atoms with Gasteiger partial charge in [0.25, 0.3) is 11.8 Å². The van der Waals surface area contributed by atoms with Crippen LogP contribution in [-0.4, -0.2) is 301 Å². The van der Waals surface area contributed by atoms with Gasteiger partial charge >= 0.3 is 30.2 Å². The summed E-state index contributed by atoms with van der Waals surface area (Å²) in [4.78, 5) is 112. The Balaban J connectivity index is 0.585. The maximum atomic E-state index is 14.7. The summed E-state index contributed by atoms with van der Waals surface area (Å²) in [5, 5.41) is 111. The molecule has 1 aliphatic carbocycles. The van der Waals surface area contributed by atoms with Crippen molar-refractivity contribution in [3.05, 3.63) is 149 Å². The van der Waals surface area contributed by atoms with Crippen molar-refractivity contribution in [2.45, 2.75) is 156 Å². The zero-order chi connectivity index (χ0) is 87.8. The van der Waals surface area contributed by atoms with E-state index >= 15 is 0 Å². The van der Waals surface area contributed by atoms with Crippen LogP contribution < -0.4 is 48.9 Å². The molecule has 0 spiro atoms. The first-order chi connectivity index (χ1) is 59.9. The Morgan fingerprint density at radius 2 is 0.935 bits per heavy atom. The quantitative estimate of drug-likeness (QED) is 0.0193. The predicted molar refractivity (Wildman–Crippen MR) is 429 cm³/mol. The van der Waals surface area contributed by atoms with E-state index in [0.29, 0.717) is 57.1 Å². The van der Waals surface area contributed by atoms with Gasteiger partial charge in [-0.25, -0.2) is 33.8 Å². The van der Waals surface area contributed by atoms with Gasteiger partial charge in [-0.15, -0.1) is 0 Å². The maximum absolute atomic E-state index is 14.7. The van der Waals surface area contributed by atoms with Crippen LogP contribution in [0.25, 0.3) is 11.1 Å². The maximum Gasteiger partial charge on any atom is 0.416 e. The first-order valence-corrected chi connectivity index (χ1v) is 40.6. The van der Waals surface area contributed by atoms with Crippen molar-refractivity contribution in [2.24, 2.45) is 0 Å². The Bertz CT molecular complexity index is 4710. The van der Waals surface area contributed by atoms with E-state index < -0.39 is 140 Å². The number of aliphatic hydroxyl groups is 8. The van der Waals surface area contributed by atoms with E-state index in [1.165, 1.54) is 90.7 Å². The zero-order valence-corrected chi connectivity index (χ0v) is 67.8. The molecule has 0 bridgehead atoms. The number of carboxylic acid groups (broad SMARTS) is 2. The Morgan fingerprint density at radius 3 is 1.44 bits per heavy atom. The van der Waals surface area contributed by atoms with E-state index in [2.05, 4.69) is 22.8 Å². The van der Waals surface area contributed by atoms with Crippen LogP contribution in [0.5, 0.6) is 34.5 Å². The molecule has 0 aromatic heterocycles. The molecule has 6 aromatic carbocycles. The molecule has 6 heterocycles. The van der Waals surface area contributed by atoms with Crippen LogP contribution in [0.15, 0.2) is 115 Å². The number of amides is 6. The fraction of sp³-hybridized carbons (Fsp3) is 0.482. The molecular formula is C85H100N6O33. The molecule has 6 amide bonds. The molecular weight excluding hydrogens is 1630 g/mol. The number of hydrogen-bond donors (Lipinski definition) is 12. The summed E-state index contributed by atoms with van der Waals surface area (Å²) in [5.74, 6) is -4.63. The normalized spacial score (nSPS) is 23.7. The molecule has 39 heteroatoms. The van der Waals surface area contributed by atoms with Crippen molar-refractivity contribution < 1.29 is 160 Å². The number of carbonyl (C=O) groups is 8. The highest BCUT2D eigenvalue weighted by molar-refractivity contribution is 6.07. The van der Waals surface area contributed by atoms with Crippen molar-refractivity contribution in [1.29, 1.82) is 0 Å². The second-order valence-corrected chi connectivity index (χ2v) is 30.1. The number of carbonyl (C=O) groups excluding carboxylic acids is 6. The number of aliphatic carboxylic acids is 2. The summed E-state index contributed by atoms with van der Waals surface area (Å²) in [6, 6.07) is 29.9. The lowest BCUT2D eigenvalue weighted by Gasteiger charge is -2.38. The number of ether oxygens (including phenoxy) is 15. The van der Waals surface area contributed by atoms with E-state index in [0.717, 1.165) is 32.1 Å². The number of nitrogens with zero attached hydrogens (tertiary/aromatic N) is 4. The molecule has 13 rings (SSSR count). The highest BCUT2D eigenvalue weighted by atomic mass is 16.7. The van der Waals surface area contributed by atoms with E-state index in [4.69, 9.17) is 71.1 Å². The van der Waals surface area contributed by atoms with Crippen LogP contribution in [0.3, 0.4) is 0 Å². The lowest BCUT2D eigenvalue weighted by atomic mass is 9.98. The topological polar surface area (TPSA) is 514 Å². The summed E-state index contributed by atoms with van der Waals surface area (Å²) in [6.07, 6.45) is -22.4. The van der Waals surface area contributed by atoms with E-state index in [9.17, 15) is 89.4 Å². The number of alkyl carbamates (subject to hydrolysis) is 1. The van der Waals surface area contributed by atoms with Crippen molar-refractivity contribution in [3.63, 3.8) is 0 Å². The van der Waals surface area contributed by atoms with Crippen LogP contribution in [0.2, 0.25) is 0 Å². The summed E-state index contributed by atoms with van der Waals surface area (Å²) in [5.41, 5.74) is 4.89. The van der Waals surface area contributed by atoms with Crippen molar-refractivity contribution in [3.8, 4) is 45.6 Å². The molecule has 12 N–H and O–H groups in total. The van der Waals surface area contributed by atoms with Gasteiger partial charge in [-0.1, -0.05) is 66.7 Å². The number of rotatable bonds is 38. The monoisotopic (exact) mass is 1730 g/mol. The number of nitrogens with one attached hydrogen (secondary N) is 2. The third-order valence-corrected chi connectivity index (χ3v) is 22.1. The molecule has 4 saturated heterocycles. The zero-order valence-electron chi connectivity index (χ0n) is 67.8. The third kappa shape index (κ3) is 20.9. The molecule has 668 valence electrons. The Hall–Kier alpha value is -11.3. The van der Waals surface area contributed by atoms with E-state index in [1.54, 1.807) is 0 Å². The van der Waals surface area contributed by atoms with Crippen LogP contribution in [0.4, 0.5) is 31.4 Å². The second-order valence-electron chi connectivity index (χ2n) is 30.1. The standard InChI is InChI=1S/C85H100N6O33/c1-110-62-39-53-59(90(77(101)57-16-10-26-88(57)75(53)99)84(108)119-43-46-18-21-48(22-19-46)121-81-71(97)67(93)69(95)73(123-81)79(103)104)41-64(62)116-28-8-3-9-29-117-65-42-60-54(40-63(65)111-2)76(100)89-27-11-17-58(89)78(102)91(60)85(109)120-44-47-20-23-61(122-82-72(98)68(94)70(96)74(124-82)80(105)106)56(38-47)87-66(92)24-30-112-32-34-114-36-37-115-35-33-113-31-25-86-83(107)118-45-55-51-14-6-4-12-49(51)50-13-5-7-15-52(50)55/h4-7,12-15,18-23,38-42,55,57-58,67-74,77-78,81-82,93-98,101-102H,3,8-11,16-17,24-37,43-45H2,1-2H3,(H,86,107)(H,87,92)(H,103,104)(H,105,106)/t57-,58-,67-,68-,69-,70-,71+,72+,73-,74-,77-,78-,81+,82+/m0/s1. The first-order valence-electron chi connectivity index (χ1n) is 40.6. The minimum atomic E-state index is -2.05. The fourth-order valence-electron chi connectivity index (χ4n) is 15.7. The fourth-order valence-corrected chi connectivity index (χ4v) is 15.7. The Kier molecular flexibility index (Phi) is 30.6. The number of unbranched alkanes of at least 4 members (excludes halogenated alkanes) is 2. The van der Waals surface area contributed by atoms with E-state index in [-0.39, 0.29) is 173 Å². The molecule has 4 fully saturated rings. The Morgan fingerprint density at radius 1 is 0.468 bits per heavy atom. The van der Waals surface area contributed by atoms with Gasteiger partial charge in [0.05, 0.1) is 127 Å². The molecule has 6 aromatic rings. The largest absolute Gasteiger partial charge is 0.493 e. The number of fused-ring (bicyclic) bond motifs is 7. The number of aliphatic hydroxyl groups excluding tert-OH is 8. The lowest BCUT2D eigenvalue weighted by molar-refractivity contribution is -0.271. The van der Waals surface area contributed by atoms with Gasteiger partial charge < -0.3 is 143 Å². The summed E-state index contributed by atoms with van der Waals surface area (Å²) >= 11 is 0. The molecule has 6 aliphatic heterocycles. The number of carboxylic acids is 2. The van der Waals surface area contributed by atoms with Gasteiger partial charge in [0, 0.05) is 37.7 Å². The summed E-state index contributed by atoms with van der Waals surface area (Å²) in [7, 11) is 2.74. The molecule has 14 atom stereocenters. The van der Waals surface area contributed by atoms with Gasteiger partial charge in [-0.05, 0) is 115 Å². The highest BCUT2D eigenvalue weighted by Gasteiger charge is 2.52. The predicted octanol–water partition coefficient (Wildman–Crippen LogP) is 3.97. The van der Waals surface area contributed by atoms with Crippen LogP contribution >= 0.6 is 0 Å². The number of benzene rings is 6. The van der Waals surface area contributed by atoms with Gasteiger partial charge in [0.1, 0.15) is 67.9 Å². The van der Waals surface area contributed by atoms with Crippen LogP contribution in [0.1, 0.15) is 100 Å². The van der Waals surface area contributed by atoms with Crippen LogP contribution in [-0.2, 0) is 70.2 Å². The van der Waals surface area contributed by atoms with Gasteiger partial charge in [0.2, 0.25) is 18.5 Å². The second kappa shape index (κ2) is 41.9. The number of hydrogen-bond acceptors (Lipinski definition) is 31. The van der Waals surface area contributed by atoms with Gasteiger partial charge in [-0.3, -0.25) is 14.4 Å². The number of anilines is 3. The Labute approximate surface area is 710 Å². The van der Waals surface area contributed by atoms with Crippen molar-refractivity contribution in [1.82, 2.24) is 15.1 Å². The highest BCUT2D eigenvalue weighted by Crippen LogP contribution is 2.47. The molecule has 7 aliphatic rings. The molecule has 0 radical (unpaired) electrons. The SMILES string of the molecule is COc1cc2c(cc1OCCCCCOc1cc3c(cc1OC)C(=O)N1CCC[C@H]1[C@H](O)N3C(=O)OCc1ccc(O[C@@H]3O[C@H](C(=O)O)[C@@H](O)[C@H](O)[C@H]3O)c(NC(=O)CCOCCOCCOCCOCCNC(=O)OCC3c4ccccc4-c4ccccc43)c1)N(C(=O)OCc1ccc(O[C@@H]3O[C@H](C(=O)O)[C@@H](O)[C@H](O)[C@H]3O)cc1)[C@@H](O)[C@@H]1CCCN1C2=O. The molecule has 124 heavy (non-hydrogen) atoms. The summed E-state index contributed by atoms with van der Waals surface area (Å²) in [6.45, 7) is 1.57. The van der Waals surface area contributed by atoms with E-state index in [1.807, 2.05) is 36.4 Å². The lowest BCUT2D eigenvalue weighted by Crippen LogP contribution is -2.61. The third-order valence-electron chi connectivity index (χ3n) is 22.1. The summed E-state index contributed by atoms with van der Waals surface area (Å²) < 4.78 is 85.6. The smallest absolute Gasteiger partial charge is 0.416 e. The molecule has 0 unspecified atom stereocenters.